The zero-order valence-electron chi connectivity index (χ0n) is 11.1. The van der Waals surface area contributed by atoms with Crippen molar-refractivity contribution in [2.24, 2.45) is 11.8 Å². The van der Waals surface area contributed by atoms with Gasteiger partial charge in [0.1, 0.15) is 5.82 Å². The molecule has 5 heteroatoms. The van der Waals surface area contributed by atoms with Crippen molar-refractivity contribution in [2.45, 2.75) is 13.3 Å². The number of nitrogens with zero attached hydrogens (tertiary/aromatic N) is 4. The molecule has 5 nitrogen and oxygen atoms in total. The van der Waals surface area contributed by atoms with Gasteiger partial charge >= 0.3 is 0 Å². The van der Waals surface area contributed by atoms with E-state index in [1.54, 1.807) is 0 Å². The average molecular weight is 245 g/mol. The predicted octanol–water partition coefficient (Wildman–Crippen LogP) is 1.86. The topological polar surface area (TPSA) is 45.5 Å². The number of hydrogen-bond acceptors (Lipinski definition) is 4. The van der Waals surface area contributed by atoms with E-state index >= 15 is 0 Å². The lowest BCUT2D eigenvalue weighted by molar-refractivity contribution is 0.719. The lowest BCUT2D eigenvalue weighted by Crippen LogP contribution is -2.23. The molecular formula is C13H19N5. The van der Waals surface area contributed by atoms with Gasteiger partial charge < -0.3 is 14.6 Å². The molecule has 1 fully saturated rings. The highest BCUT2D eigenvalue weighted by Crippen LogP contribution is 2.38. The van der Waals surface area contributed by atoms with Crippen LogP contribution in [0.4, 0.5) is 11.6 Å². The van der Waals surface area contributed by atoms with Crippen LogP contribution in [-0.4, -0.2) is 35.0 Å². The molecule has 2 aromatic heterocycles. The monoisotopic (exact) mass is 245 g/mol. The van der Waals surface area contributed by atoms with Gasteiger partial charge in [-0.2, -0.15) is 0 Å². The second-order valence-corrected chi connectivity index (χ2v) is 5.21. The van der Waals surface area contributed by atoms with Crippen LogP contribution in [0, 0.1) is 11.8 Å². The van der Waals surface area contributed by atoms with Crippen molar-refractivity contribution in [3.63, 3.8) is 0 Å². The maximum atomic E-state index is 4.63. The molecule has 0 saturated heterocycles. The molecule has 0 bridgehead atoms. The minimum absolute atomic E-state index is 0.810. The molecule has 1 N–H and O–H groups in total. The molecule has 2 aromatic rings. The van der Waals surface area contributed by atoms with Crippen LogP contribution in [0.5, 0.6) is 0 Å². The number of fused-ring (bicyclic) bond motifs is 1. The number of imidazole rings is 1. The van der Waals surface area contributed by atoms with E-state index in [4.69, 9.17) is 0 Å². The Kier molecular flexibility index (Phi) is 2.61. The van der Waals surface area contributed by atoms with Crippen molar-refractivity contribution in [3.05, 3.63) is 18.6 Å². The van der Waals surface area contributed by atoms with E-state index < -0.39 is 0 Å². The van der Waals surface area contributed by atoms with Gasteiger partial charge in [-0.25, -0.2) is 9.97 Å². The van der Waals surface area contributed by atoms with Gasteiger partial charge in [0, 0.05) is 33.0 Å². The van der Waals surface area contributed by atoms with Crippen molar-refractivity contribution < 1.29 is 0 Å². The Morgan fingerprint density at radius 1 is 1.56 bits per heavy atom. The second-order valence-electron chi connectivity index (χ2n) is 5.21. The molecule has 2 heterocycles. The van der Waals surface area contributed by atoms with Gasteiger partial charge in [0.05, 0.1) is 6.20 Å². The van der Waals surface area contributed by atoms with Crippen LogP contribution in [0.1, 0.15) is 13.3 Å². The van der Waals surface area contributed by atoms with Crippen LogP contribution < -0.4 is 10.2 Å². The molecule has 2 atom stereocenters. The van der Waals surface area contributed by atoms with E-state index in [2.05, 4.69) is 34.2 Å². The van der Waals surface area contributed by atoms with Crippen molar-refractivity contribution in [1.29, 1.82) is 0 Å². The summed E-state index contributed by atoms with van der Waals surface area (Å²) in [5, 5.41) is 3.10. The largest absolute Gasteiger partial charge is 0.372 e. The fourth-order valence-electron chi connectivity index (χ4n) is 2.38. The number of rotatable bonds is 4. The van der Waals surface area contributed by atoms with E-state index in [0.29, 0.717) is 0 Å². The molecule has 18 heavy (non-hydrogen) atoms. The fourth-order valence-corrected chi connectivity index (χ4v) is 2.38. The maximum absolute atomic E-state index is 4.63. The Morgan fingerprint density at radius 3 is 3.00 bits per heavy atom. The van der Waals surface area contributed by atoms with Crippen molar-refractivity contribution in [1.82, 2.24) is 14.4 Å². The third-order valence-corrected chi connectivity index (χ3v) is 3.76. The van der Waals surface area contributed by atoms with Gasteiger partial charge in [0.25, 0.3) is 0 Å². The zero-order chi connectivity index (χ0) is 12.7. The third-order valence-electron chi connectivity index (χ3n) is 3.76. The van der Waals surface area contributed by atoms with Gasteiger partial charge in [-0.15, -0.1) is 0 Å². The summed E-state index contributed by atoms with van der Waals surface area (Å²) in [6.07, 6.45) is 7.06. The molecule has 1 saturated carbocycles. The zero-order valence-corrected chi connectivity index (χ0v) is 11.1. The van der Waals surface area contributed by atoms with Crippen LogP contribution in [0.15, 0.2) is 18.6 Å². The summed E-state index contributed by atoms with van der Waals surface area (Å²) in [4.78, 5) is 11.2. The van der Waals surface area contributed by atoms with E-state index in [0.717, 1.165) is 35.7 Å². The average Bonchev–Trinajstić information content (AvgIpc) is 2.89. The first-order valence-electron chi connectivity index (χ1n) is 6.41. The van der Waals surface area contributed by atoms with Crippen molar-refractivity contribution in [3.8, 4) is 0 Å². The number of aromatic nitrogens is 3. The molecule has 2 unspecified atom stereocenters. The smallest absolute Gasteiger partial charge is 0.180 e. The van der Waals surface area contributed by atoms with E-state index in [-0.39, 0.29) is 0 Å². The van der Waals surface area contributed by atoms with Gasteiger partial charge in [-0.05, 0) is 18.3 Å². The summed E-state index contributed by atoms with van der Waals surface area (Å²) < 4.78 is 2.01. The summed E-state index contributed by atoms with van der Waals surface area (Å²) in [5.41, 5.74) is 0.921. The molecule has 0 radical (unpaired) electrons. The summed E-state index contributed by atoms with van der Waals surface area (Å²) in [5.74, 6) is 3.48. The Hall–Kier alpha value is -1.78. The number of hydrogen-bond donors (Lipinski definition) is 1. The van der Waals surface area contributed by atoms with Gasteiger partial charge in [-0.1, -0.05) is 6.92 Å². The highest BCUT2D eigenvalue weighted by atomic mass is 15.2. The van der Waals surface area contributed by atoms with Gasteiger partial charge in [-0.3, -0.25) is 0 Å². The first kappa shape index (κ1) is 11.3. The van der Waals surface area contributed by atoms with Crippen LogP contribution in [0.2, 0.25) is 0 Å². The normalized spacial score (nSPS) is 22.2. The fraction of sp³-hybridized carbons (Fsp3) is 0.538. The van der Waals surface area contributed by atoms with Crippen LogP contribution in [0.3, 0.4) is 0 Å². The Balaban J connectivity index is 1.95. The van der Waals surface area contributed by atoms with E-state index in [1.807, 2.05) is 30.0 Å². The highest BCUT2D eigenvalue weighted by Gasteiger charge is 2.33. The lowest BCUT2D eigenvalue weighted by Gasteiger charge is -2.19. The number of anilines is 2. The van der Waals surface area contributed by atoms with Gasteiger partial charge in [0.2, 0.25) is 0 Å². The van der Waals surface area contributed by atoms with Crippen LogP contribution in [0.25, 0.3) is 5.65 Å². The molecule has 1 aliphatic carbocycles. The standard InChI is InChI=1S/C13H19N5/c1-9-6-10(9)7-17(3)13-12-15-4-5-18(12)8-11(14-2)16-13/h4-5,8-10,14H,6-7H2,1-3H3. The Morgan fingerprint density at radius 2 is 2.33 bits per heavy atom. The third kappa shape index (κ3) is 1.89. The first-order chi connectivity index (χ1) is 8.69. The van der Waals surface area contributed by atoms with Crippen LogP contribution >= 0.6 is 0 Å². The molecular weight excluding hydrogens is 226 g/mol. The first-order valence-corrected chi connectivity index (χ1v) is 6.41. The minimum Gasteiger partial charge on any atom is -0.372 e. The summed E-state index contributed by atoms with van der Waals surface area (Å²) in [6.45, 7) is 3.37. The molecule has 96 valence electrons. The van der Waals surface area contributed by atoms with Gasteiger partial charge in [0.15, 0.2) is 11.5 Å². The predicted molar refractivity (Wildman–Crippen MR) is 73.1 cm³/mol. The summed E-state index contributed by atoms with van der Waals surface area (Å²) >= 11 is 0. The molecule has 0 amide bonds. The number of nitrogens with one attached hydrogen (secondary N) is 1. The lowest BCUT2D eigenvalue weighted by atomic mass is 10.3. The van der Waals surface area contributed by atoms with Crippen LogP contribution in [-0.2, 0) is 0 Å². The molecule has 3 rings (SSSR count). The molecule has 0 aromatic carbocycles. The molecule has 0 aliphatic heterocycles. The summed E-state index contributed by atoms with van der Waals surface area (Å²) in [6, 6.07) is 0. The van der Waals surface area contributed by atoms with Crippen molar-refractivity contribution >= 4 is 17.3 Å². The Labute approximate surface area is 107 Å². The van der Waals surface area contributed by atoms with Crippen molar-refractivity contribution in [2.75, 3.05) is 30.9 Å². The quantitative estimate of drug-likeness (QED) is 0.893. The second kappa shape index (κ2) is 4.15. The Bertz CT molecular complexity index is 562. The summed E-state index contributed by atoms with van der Waals surface area (Å²) in [7, 11) is 3.99. The minimum atomic E-state index is 0.810. The SMILES string of the molecule is CNc1cn2ccnc2c(N(C)CC2CC2C)n1. The molecule has 1 aliphatic rings. The van der Waals surface area contributed by atoms with E-state index in [9.17, 15) is 0 Å². The molecule has 0 spiro atoms. The van der Waals surface area contributed by atoms with E-state index in [1.165, 1.54) is 6.42 Å². The maximum Gasteiger partial charge on any atom is 0.180 e. The highest BCUT2D eigenvalue weighted by molar-refractivity contribution is 5.66.